The molecule has 3 N–H and O–H groups in total. The molecule has 2 aromatic rings. The van der Waals surface area contributed by atoms with Crippen LogP contribution in [0.5, 0.6) is 0 Å². The molecule has 0 fully saturated rings. The second-order valence-electron chi connectivity index (χ2n) is 3.92. The van der Waals surface area contributed by atoms with Crippen LogP contribution in [0, 0.1) is 0 Å². The average molecular weight is 235 g/mol. The second kappa shape index (κ2) is 5.65. The monoisotopic (exact) mass is 235 g/mol. The molecule has 0 bridgehead atoms. The molecule has 0 radical (unpaired) electrons. The van der Waals surface area contributed by atoms with E-state index in [4.69, 9.17) is 14.9 Å². The fraction of sp³-hybridized carbons (Fsp3) is 0.417. The molecule has 5 nitrogen and oxygen atoms in total. The standard InChI is InChI=1S/C12H17N3O2/c1-16-8-9(13)2-5-14-12-10-4-7-17-11(10)3-6-15-12/h3-4,6-7,9H,2,5,8,13H2,1H3,(H,14,15). The molecule has 1 atom stereocenters. The van der Waals surface area contributed by atoms with Crippen LogP contribution >= 0.6 is 0 Å². The lowest BCUT2D eigenvalue weighted by Crippen LogP contribution is -2.28. The molecule has 0 saturated heterocycles. The molecule has 0 aliphatic heterocycles. The first kappa shape index (κ1) is 11.9. The number of hydrogen-bond acceptors (Lipinski definition) is 5. The van der Waals surface area contributed by atoms with E-state index in [2.05, 4.69) is 10.3 Å². The van der Waals surface area contributed by atoms with Crippen molar-refractivity contribution in [3.63, 3.8) is 0 Å². The number of nitrogens with one attached hydrogen (secondary N) is 1. The van der Waals surface area contributed by atoms with Crippen LogP contribution in [0.2, 0.25) is 0 Å². The SMILES string of the molecule is COCC(N)CCNc1nccc2occc12. The Morgan fingerprint density at radius 1 is 1.53 bits per heavy atom. The fourth-order valence-electron chi connectivity index (χ4n) is 1.71. The van der Waals surface area contributed by atoms with E-state index in [-0.39, 0.29) is 6.04 Å². The highest BCUT2D eigenvalue weighted by atomic mass is 16.5. The van der Waals surface area contributed by atoms with Gasteiger partial charge >= 0.3 is 0 Å². The third kappa shape index (κ3) is 2.95. The topological polar surface area (TPSA) is 73.3 Å². The van der Waals surface area contributed by atoms with E-state index in [1.165, 1.54) is 0 Å². The summed E-state index contributed by atoms with van der Waals surface area (Å²) in [4.78, 5) is 4.28. The Hall–Kier alpha value is -1.59. The molecule has 0 aliphatic carbocycles. The van der Waals surface area contributed by atoms with E-state index < -0.39 is 0 Å². The largest absolute Gasteiger partial charge is 0.464 e. The van der Waals surface area contributed by atoms with Crippen LogP contribution in [0.15, 0.2) is 29.0 Å². The molecule has 0 spiro atoms. The van der Waals surface area contributed by atoms with Crippen LogP contribution in [0.25, 0.3) is 11.0 Å². The fourth-order valence-corrected chi connectivity index (χ4v) is 1.71. The first-order valence-electron chi connectivity index (χ1n) is 5.62. The maximum atomic E-state index is 5.84. The summed E-state index contributed by atoms with van der Waals surface area (Å²) in [6.45, 7) is 1.34. The van der Waals surface area contributed by atoms with E-state index >= 15 is 0 Å². The van der Waals surface area contributed by atoms with Gasteiger partial charge in [0, 0.05) is 25.9 Å². The lowest BCUT2D eigenvalue weighted by molar-refractivity contribution is 0.178. The van der Waals surface area contributed by atoms with Crippen LogP contribution in [-0.2, 0) is 4.74 Å². The first-order chi connectivity index (χ1) is 8.31. The molecule has 0 aromatic carbocycles. The molecule has 1 unspecified atom stereocenters. The summed E-state index contributed by atoms with van der Waals surface area (Å²) < 4.78 is 10.3. The van der Waals surface area contributed by atoms with Gasteiger partial charge in [-0.05, 0) is 18.6 Å². The van der Waals surface area contributed by atoms with Crippen molar-refractivity contribution in [1.82, 2.24) is 4.98 Å². The summed E-state index contributed by atoms with van der Waals surface area (Å²) in [6, 6.07) is 3.80. The number of ether oxygens (including phenoxy) is 1. The molecule has 2 rings (SSSR count). The Bertz CT molecular complexity index is 469. The maximum Gasteiger partial charge on any atom is 0.139 e. The zero-order valence-electron chi connectivity index (χ0n) is 9.85. The minimum atomic E-state index is 0.0519. The number of hydrogen-bond donors (Lipinski definition) is 2. The van der Waals surface area contributed by atoms with E-state index in [0.29, 0.717) is 6.61 Å². The molecule has 2 aromatic heterocycles. The van der Waals surface area contributed by atoms with E-state index in [9.17, 15) is 0 Å². The van der Waals surface area contributed by atoms with Gasteiger partial charge in [0.2, 0.25) is 0 Å². The second-order valence-corrected chi connectivity index (χ2v) is 3.92. The molecule has 92 valence electrons. The number of anilines is 1. The summed E-state index contributed by atoms with van der Waals surface area (Å²) >= 11 is 0. The van der Waals surface area contributed by atoms with Gasteiger partial charge in [0.15, 0.2) is 0 Å². The van der Waals surface area contributed by atoms with Crippen molar-refractivity contribution in [1.29, 1.82) is 0 Å². The van der Waals surface area contributed by atoms with E-state index in [1.807, 2.05) is 12.1 Å². The van der Waals surface area contributed by atoms with Crippen LogP contribution in [0.4, 0.5) is 5.82 Å². The van der Waals surface area contributed by atoms with Crippen molar-refractivity contribution < 1.29 is 9.15 Å². The van der Waals surface area contributed by atoms with E-state index in [1.54, 1.807) is 19.6 Å². The highest BCUT2D eigenvalue weighted by Gasteiger charge is 2.05. The van der Waals surface area contributed by atoms with Crippen LogP contribution < -0.4 is 11.1 Å². The minimum absolute atomic E-state index is 0.0519. The maximum absolute atomic E-state index is 5.84. The summed E-state index contributed by atoms with van der Waals surface area (Å²) in [5.41, 5.74) is 6.67. The van der Waals surface area contributed by atoms with Gasteiger partial charge in [-0.15, -0.1) is 0 Å². The molecule has 17 heavy (non-hydrogen) atoms. The van der Waals surface area contributed by atoms with Crippen molar-refractivity contribution >= 4 is 16.8 Å². The molecular formula is C12H17N3O2. The summed E-state index contributed by atoms with van der Waals surface area (Å²) in [5, 5.41) is 4.25. The zero-order valence-corrected chi connectivity index (χ0v) is 9.85. The van der Waals surface area contributed by atoms with Crippen LogP contribution in [0.3, 0.4) is 0 Å². The molecular weight excluding hydrogens is 218 g/mol. The molecule has 0 aliphatic rings. The smallest absolute Gasteiger partial charge is 0.139 e. The summed E-state index contributed by atoms with van der Waals surface area (Å²) in [5.74, 6) is 0.834. The Morgan fingerprint density at radius 2 is 2.41 bits per heavy atom. The van der Waals surface area contributed by atoms with Gasteiger partial charge in [0.05, 0.1) is 18.3 Å². The van der Waals surface area contributed by atoms with E-state index in [0.717, 1.165) is 29.8 Å². The third-order valence-corrected chi connectivity index (χ3v) is 2.57. The molecule has 0 amide bonds. The number of fused-ring (bicyclic) bond motifs is 1. The van der Waals surface area contributed by atoms with Gasteiger partial charge in [0.25, 0.3) is 0 Å². The Kier molecular flexibility index (Phi) is 3.95. The number of aromatic nitrogens is 1. The number of furan rings is 1. The summed E-state index contributed by atoms with van der Waals surface area (Å²) in [7, 11) is 1.65. The molecule has 5 heteroatoms. The number of nitrogens with two attached hydrogens (primary N) is 1. The van der Waals surface area contributed by atoms with Crippen molar-refractivity contribution in [2.45, 2.75) is 12.5 Å². The van der Waals surface area contributed by atoms with Crippen molar-refractivity contribution in [3.05, 3.63) is 24.6 Å². The van der Waals surface area contributed by atoms with Gasteiger partial charge in [-0.2, -0.15) is 0 Å². The Labute approximate surface area is 100.0 Å². The van der Waals surface area contributed by atoms with Crippen LogP contribution in [0.1, 0.15) is 6.42 Å². The highest BCUT2D eigenvalue weighted by Crippen LogP contribution is 2.21. The zero-order chi connectivity index (χ0) is 12.1. The van der Waals surface area contributed by atoms with Gasteiger partial charge in [-0.25, -0.2) is 4.98 Å². The lowest BCUT2D eigenvalue weighted by Gasteiger charge is -2.11. The molecule has 0 saturated carbocycles. The number of pyridine rings is 1. The predicted octanol–water partition coefficient (Wildman–Crippen LogP) is 1.60. The van der Waals surface area contributed by atoms with Crippen molar-refractivity contribution in [2.75, 3.05) is 25.6 Å². The third-order valence-electron chi connectivity index (χ3n) is 2.57. The van der Waals surface area contributed by atoms with Crippen LogP contribution in [-0.4, -0.2) is 31.3 Å². The normalized spacial score (nSPS) is 12.8. The predicted molar refractivity (Wildman–Crippen MR) is 67.0 cm³/mol. The first-order valence-corrected chi connectivity index (χ1v) is 5.62. The van der Waals surface area contributed by atoms with Gasteiger partial charge in [-0.3, -0.25) is 0 Å². The number of methoxy groups -OCH3 is 1. The van der Waals surface area contributed by atoms with Crippen molar-refractivity contribution in [3.8, 4) is 0 Å². The van der Waals surface area contributed by atoms with Gasteiger partial charge in [-0.1, -0.05) is 0 Å². The number of nitrogens with zero attached hydrogens (tertiary/aromatic N) is 1. The van der Waals surface area contributed by atoms with Gasteiger partial charge in [0.1, 0.15) is 11.4 Å². The minimum Gasteiger partial charge on any atom is -0.464 e. The Balaban J connectivity index is 1.92. The lowest BCUT2D eigenvalue weighted by atomic mass is 10.2. The number of rotatable bonds is 6. The highest BCUT2D eigenvalue weighted by molar-refractivity contribution is 5.87. The Morgan fingerprint density at radius 3 is 3.24 bits per heavy atom. The average Bonchev–Trinajstić information content (AvgIpc) is 2.78. The van der Waals surface area contributed by atoms with Gasteiger partial charge < -0.3 is 20.2 Å². The summed E-state index contributed by atoms with van der Waals surface area (Å²) in [6.07, 6.45) is 4.22. The molecule has 2 heterocycles. The van der Waals surface area contributed by atoms with Crippen molar-refractivity contribution in [2.24, 2.45) is 5.73 Å². The quantitative estimate of drug-likeness (QED) is 0.795.